The van der Waals surface area contributed by atoms with Crippen molar-refractivity contribution >= 4 is 66.6 Å². The van der Waals surface area contributed by atoms with Crippen LogP contribution in [-0.4, -0.2) is 72.0 Å². The fourth-order valence-electron chi connectivity index (χ4n) is 4.35. The first-order valence-corrected chi connectivity index (χ1v) is 13.9. The number of carboxylic acids is 1. The van der Waals surface area contributed by atoms with Crippen molar-refractivity contribution in [2.24, 2.45) is 0 Å². The highest BCUT2D eigenvalue weighted by Crippen LogP contribution is 2.31. The molecule has 4 heterocycles. The van der Waals surface area contributed by atoms with Crippen LogP contribution < -0.4 is 15.4 Å². The van der Waals surface area contributed by atoms with Gasteiger partial charge in [-0.05, 0) is 42.0 Å². The number of halogens is 1. The van der Waals surface area contributed by atoms with Gasteiger partial charge in [-0.3, -0.25) is 4.79 Å². The molecule has 36 heavy (non-hydrogen) atoms. The number of nitrogen functional groups attached to an aromatic ring is 1. The monoisotopic (exact) mass is 550 g/mol. The summed E-state index contributed by atoms with van der Waals surface area (Å²) in [5.74, 6) is -1.50. The predicted molar refractivity (Wildman–Crippen MR) is 136 cm³/mol. The third-order valence-electron chi connectivity index (χ3n) is 6.44. The maximum atomic E-state index is 13.1. The summed E-state index contributed by atoms with van der Waals surface area (Å²) in [6.45, 7) is 1.75. The molecule has 14 heteroatoms. The number of hydrogen-bond donors (Lipinski definition) is 3. The number of nitrogens with two attached hydrogens (primary N) is 1. The van der Waals surface area contributed by atoms with Gasteiger partial charge in [-0.15, -0.1) is 0 Å². The second kappa shape index (κ2) is 9.47. The van der Waals surface area contributed by atoms with Gasteiger partial charge in [0, 0.05) is 42.7 Å². The minimum atomic E-state index is -3.99. The van der Waals surface area contributed by atoms with E-state index in [0.717, 1.165) is 36.2 Å². The number of nitrogens with zero attached hydrogens (tertiary/aromatic N) is 4. The molecule has 2 aromatic heterocycles. The van der Waals surface area contributed by atoms with E-state index in [1.807, 2.05) is 4.90 Å². The largest absolute Gasteiger partial charge is 0.480 e. The Balaban J connectivity index is 1.32. The molecule has 2 aliphatic heterocycles. The van der Waals surface area contributed by atoms with Crippen molar-refractivity contribution in [2.75, 3.05) is 30.3 Å². The lowest BCUT2D eigenvalue weighted by molar-refractivity contribution is -0.148. The van der Waals surface area contributed by atoms with Gasteiger partial charge in [0.1, 0.15) is 17.9 Å². The molecule has 3 aromatic rings. The molecule has 1 amide bonds. The lowest BCUT2D eigenvalue weighted by atomic mass is 10.0. The van der Waals surface area contributed by atoms with Gasteiger partial charge in [-0.2, -0.15) is 4.72 Å². The number of anilines is 2. The zero-order valence-corrected chi connectivity index (χ0v) is 21.3. The molecule has 0 aliphatic carbocycles. The second-order valence-corrected chi connectivity index (χ2v) is 12.1. The van der Waals surface area contributed by atoms with Crippen LogP contribution in [0.1, 0.15) is 18.4 Å². The SMILES string of the molecule is Nc1nccc2cc(CC(C(=O)O)N3CCC(NS(=O)(=O)c4cnc(N5CCC5)s4)C3=O)c(Cl)cc12. The van der Waals surface area contributed by atoms with Crippen LogP contribution in [0.5, 0.6) is 0 Å². The number of fused-ring (bicyclic) bond motifs is 1. The Kier molecular flexibility index (Phi) is 6.49. The standard InChI is InChI=1S/C22H23ClN6O5S2/c23-15-10-14-12(2-4-25-19(14)24)8-13(15)9-17(21(31)32)29-7-3-16(20(29)30)27-36(33,34)18-11-26-22(35-18)28-5-1-6-28/h2,4,8,10-11,16-17,27H,1,3,5-7,9H2,(H2,24,25)(H,31,32). The van der Waals surface area contributed by atoms with Gasteiger partial charge in [0.2, 0.25) is 5.91 Å². The summed E-state index contributed by atoms with van der Waals surface area (Å²) >= 11 is 7.45. The smallest absolute Gasteiger partial charge is 0.326 e. The fourth-order valence-corrected chi connectivity index (χ4v) is 7.01. The van der Waals surface area contributed by atoms with Gasteiger partial charge in [-0.1, -0.05) is 22.9 Å². The molecule has 11 nitrogen and oxygen atoms in total. The first kappa shape index (κ1) is 24.7. The molecule has 2 fully saturated rings. The zero-order valence-electron chi connectivity index (χ0n) is 18.9. The molecule has 190 valence electrons. The summed E-state index contributed by atoms with van der Waals surface area (Å²) in [5, 5.41) is 12.2. The topological polar surface area (TPSA) is 159 Å². The molecule has 0 radical (unpaired) electrons. The highest BCUT2D eigenvalue weighted by molar-refractivity contribution is 7.91. The van der Waals surface area contributed by atoms with E-state index in [4.69, 9.17) is 17.3 Å². The van der Waals surface area contributed by atoms with Crippen LogP contribution in [0.25, 0.3) is 10.8 Å². The van der Waals surface area contributed by atoms with E-state index in [0.29, 0.717) is 26.9 Å². The molecule has 0 spiro atoms. The molecule has 2 aliphatic rings. The molecule has 4 N–H and O–H groups in total. The molecule has 2 atom stereocenters. The van der Waals surface area contributed by atoms with Crippen LogP contribution in [0.4, 0.5) is 10.9 Å². The minimum Gasteiger partial charge on any atom is -0.480 e. The lowest BCUT2D eigenvalue weighted by Crippen LogP contribution is -2.48. The minimum absolute atomic E-state index is 0.0159. The fraction of sp³-hybridized carbons (Fsp3) is 0.364. The Labute approximate surface area is 215 Å². The number of aromatic nitrogens is 2. The number of hydrogen-bond acceptors (Lipinski definition) is 9. The normalized spacial score (nSPS) is 19.0. The van der Waals surface area contributed by atoms with Crippen molar-refractivity contribution in [1.29, 1.82) is 0 Å². The average molecular weight is 551 g/mol. The average Bonchev–Trinajstić information content (AvgIpc) is 3.40. The number of pyridine rings is 1. The third-order valence-corrected chi connectivity index (χ3v) is 9.78. The Bertz CT molecular complexity index is 1460. The molecule has 2 unspecified atom stereocenters. The molecule has 1 aromatic carbocycles. The maximum Gasteiger partial charge on any atom is 0.326 e. The third kappa shape index (κ3) is 4.59. The highest BCUT2D eigenvalue weighted by Gasteiger charge is 2.41. The van der Waals surface area contributed by atoms with Crippen molar-refractivity contribution in [3.05, 3.63) is 41.2 Å². The molecule has 5 rings (SSSR count). The number of nitrogens with one attached hydrogen (secondary N) is 1. The molecule has 0 bridgehead atoms. The first-order valence-electron chi connectivity index (χ1n) is 11.2. The van der Waals surface area contributed by atoms with Crippen molar-refractivity contribution in [1.82, 2.24) is 19.6 Å². The van der Waals surface area contributed by atoms with E-state index in [2.05, 4.69) is 14.7 Å². The van der Waals surface area contributed by atoms with Gasteiger partial charge in [0.15, 0.2) is 9.34 Å². The number of likely N-dealkylation sites (tertiary alicyclic amines) is 1. The molecular weight excluding hydrogens is 528 g/mol. The van der Waals surface area contributed by atoms with Crippen molar-refractivity contribution in [3.63, 3.8) is 0 Å². The lowest BCUT2D eigenvalue weighted by Gasteiger charge is -2.30. The van der Waals surface area contributed by atoms with E-state index in [1.165, 1.54) is 11.1 Å². The first-order chi connectivity index (χ1) is 17.1. The van der Waals surface area contributed by atoms with Crippen molar-refractivity contribution in [3.8, 4) is 0 Å². The summed E-state index contributed by atoms with van der Waals surface area (Å²) in [6, 6.07) is 2.80. The van der Waals surface area contributed by atoms with E-state index in [1.54, 1.807) is 24.4 Å². The van der Waals surface area contributed by atoms with Gasteiger partial charge < -0.3 is 20.6 Å². The van der Waals surface area contributed by atoms with Gasteiger partial charge >= 0.3 is 5.97 Å². The van der Waals surface area contributed by atoms with Gasteiger partial charge in [0.05, 0.1) is 6.20 Å². The quantitative estimate of drug-likeness (QED) is 0.379. The summed E-state index contributed by atoms with van der Waals surface area (Å²) < 4.78 is 28.2. The number of amides is 1. The number of carbonyl (C=O) groups is 2. The number of aliphatic carboxylic acids is 1. The zero-order chi connectivity index (χ0) is 25.6. The highest BCUT2D eigenvalue weighted by atomic mass is 35.5. The van der Waals surface area contributed by atoms with Gasteiger partial charge in [-0.25, -0.2) is 23.2 Å². The van der Waals surface area contributed by atoms with Crippen molar-refractivity contribution < 1.29 is 23.1 Å². The second-order valence-electron chi connectivity index (χ2n) is 8.72. The summed E-state index contributed by atoms with van der Waals surface area (Å²) in [4.78, 5) is 36.7. The van der Waals surface area contributed by atoms with E-state index in [9.17, 15) is 23.1 Å². The Morgan fingerprint density at radius 3 is 2.78 bits per heavy atom. The van der Waals surface area contributed by atoms with Crippen molar-refractivity contribution in [2.45, 2.75) is 35.6 Å². The van der Waals surface area contributed by atoms with Crippen LogP contribution in [-0.2, 0) is 26.0 Å². The van der Waals surface area contributed by atoms with Crippen LogP contribution in [0, 0.1) is 0 Å². The number of carbonyl (C=O) groups excluding carboxylic acids is 1. The molecule has 0 saturated carbocycles. The number of sulfonamides is 1. The number of carboxylic acid groups (broad SMARTS) is 1. The van der Waals surface area contributed by atoms with Gasteiger partial charge in [0.25, 0.3) is 10.0 Å². The maximum absolute atomic E-state index is 13.1. The summed E-state index contributed by atoms with van der Waals surface area (Å²) in [5.41, 5.74) is 6.43. The Morgan fingerprint density at radius 2 is 2.08 bits per heavy atom. The molecule has 2 saturated heterocycles. The van der Waals surface area contributed by atoms with E-state index in [-0.39, 0.29) is 23.6 Å². The molecular formula is C22H23ClN6O5S2. The Hall–Kier alpha value is -3.00. The Morgan fingerprint density at radius 1 is 1.31 bits per heavy atom. The number of rotatable bonds is 8. The van der Waals surface area contributed by atoms with Crippen LogP contribution in [0.3, 0.4) is 0 Å². The summed E-state index contributed by atoms with van der Waals surface area (Å²) in [7, 11) is -3.99. The summed E-state index contributed by atoms with van der Waals surface area (Å²) in [6.07, 6.45) is 3.95. The van der Waals surface area contributed by atoms with Crippen LogP contribution >= 0.6 is 22.9 Å². The van der Waals surface area contributed by atoms with Crippen LogP contribution in [0.15, 0.2) is 34.8 Å². The predicted octanol–water partition coefficient (Wildman–Crippen LogP) is 1.71. The number of thiazole rings is 1. The van der Waals surface area contributed by atoms with E-state index < -0.39 is 34.0 Å². The van der Waals surface area contributed by atoms with Crippen LogP contribution in [0.2, 0.25) is 5.02 Å². The van der Waals surface area contributed by atoms with E-state index >= 15 is 0 Å². The number of benzene rings is 1.